The van der Waals surface area contributed by atoms with Gasteiger partial charge in [-0.1, -0.05) is 37.3 Å². The number of hydrogen-bond acceptors (Lipinski definition) is 2. The van der Waals surface area contributed by atoms with Crippen molar-refractivity contribution in [2.24, 2.45) is 0 Å². The van der Waals surface area contributed by atoms with Crippen molar-refractivity contribution in [2.75, 3.05) is 0 Å². The molecule has 1 aromatic heterocycles. The van der Waals surface area contributed by atoms with Crippen molar-refractivity contribution in [1.82, 2.24) is 4.57 Å². The molecule has 0 amide bonds. The van der Waals surface area contributed by atoms with Gasteiger partial charge in [0.2, 0.25) is 0 Å². The average molecular weight is 349 g/mol. The van der Waals surface area contributed by atoms with Gasteiger partial charge in [0.05, 0.1) is 5.52 Å². The van der Waals surface area contributed by atoms with Crippen LogP contribution >= 0.6 is 0 Å². The smallest absolute Gasteiger partial charge is 0.259 e. The van der Waals surface area contributed by atoms with E-state index in [1.807, 2.05) is 66.9 Å². The molecule has 0 saturated carbocycles. The molecule has 3 nitrogen and oxygen atoms in total. The average Bonchev–Trinajstić information content (AvgIpc) is 2.61. The summed E-state index contributed by atoms with van der Waals surface area (Å²) in [6.07, 6.45) is 0.929. The van der Waals surface area contributed by atoms with Crippen LogP contribution in [-0.2, 0) is 0 Å². The van der Waals surface area contributed by atoms with Crippen LogP contribution in [0.2, 0.25) is 0 Å². The standard InChI is InChI=1S/C23H27NO2/c1-6-23(4,5)26-19-13-11-17(12-14-19)20-15-18-9-7-8-10-21(18)24(16(2)3)22(20)25/h7-16H,6H2,1-5H3. The number of hydrogen-bond donors (Lipinski definition) is 0. The number of benzene rings is 2. The van der Waals surface area contributed by atoms with Gasteiger partial charge < -0.3 is 9.30 Å². The largest absolute Gasteiger partial charge is 0.488 e. The highest BCUT2D eigenvalue weighted by atomic mass is 16.5. The first-order valence-corrected chi connectivity index (χ1v) is 9.26. The molecule has 0 N–H and O–H groups in total. The molecule has 0 fully saturated rings. The van der Waals surface area contributed by atoms with E-state index in [4.69, 9.17) is 4.74 Å². The van der Waals surface area contributed by atoms with E-state index in [0.717, 1.165) is 34.2 Å². The summed E-state index contributed by atoms with van der Waals surface area (Å²) in [6.45, 7) is 10.3. The highest BCUT2D eigenvalue weighted by molar-refractivity contribution is 5.84. The maximum Gasteiger partial charge on any atom is 0.259 e. The van der Waals surface area contributed by atoms with Gasteiger partial charge in [-0.25, -0.2) is 0 Å². The predicted molar refractivity (Wildman–Crippen MR) is 109 cm³/mol. The zero-order chi connectivity index (χ0) is 18.9. The second-order valence-electron chi connectivity index (χ2n) is 7.63. The Balaban J connectivity index is 2.08. The van der Waals surface area contributed by atoms with E-state index in [0.29, 0.717) is 0 Å². The van der Waals surface area contributed by atoms with Crippen LogP contribution in [0.4, 0.5) is 0 Å². The van der Waals surface area contributed by atoms with Gasteiger partial charge in [-0.05, 0) is 69.3 Å². The van der Waals surface area contributed by atoms with Crippen LogP contribution in [0.25, 0.3) is 22.0 Å². The van der Waals surface area contributed by atoms with Crippen LogP contribution in [0.3, 0.4) is 0 Å². The van der Waals surface area contributed by atoms with Crippen molar-refractivity contribution < 1.29 is 4.74 Å². The van der Waals surface area contributed by atoms with Gasteiger partial charge in [0.15, 0.2) is 0 Å². The van der Waals surface area contributed by atoms with E-state index in [2.05, 4.69) is 26.8 Å². The minimum Gasteiger partial charge on any atom is -0.488 e. The summed E-state index contributed by atoms with van der Waals surface area (Å²) in [4.78, 5) is 13.1. The van der Waals surface area contributed by atoms with Gasteiger partial charge in [0.25, 0.3) is 5.56 Å². The summed E-state index contributed by atoms with van der Waals surface area (Å²) >= 11 is 0. The summed E-state index contributed by atoms with van der Waals surface area (Å²) in [6, 6.07) is 18.0. The molecule has 0 radical (unpaired) electrons. The predicted octanol–water partition coefficient (Wildman–Crippen LogP) is 5.82. The summed E-state index contributed by atoms with van der Waals surface area (Å²) in [5.74, 6) is 0.825. The van der Waals surface area contributed by atoms with E-state index in [-0.39, 0.29) is 17.2 Å². The number of para-hydroxylation sites is 1. The molecule has 3 heteroatoms. The Kier molecular flexibility index (Phi) is 4.90. The lowest BCUT2D eigenvalue weighted by Crippen LogP contribution is -2.26. The van der Waals surface area contributed by atoms with Gasteiger partial charge in [-0.2, -0.15) is 0 Å². The van der Waals surface area contributed by atoms with E-state index in [9.17, 15) is 4.79 Å². The lowest BCUT2D eigenvalue weighted by atomic mass is 10.0. The molecule has 0 atom stereocenters. The fourth-order valence-electron chi connectivity index (χ4n) is 3.10. The number of nitrogens with zero attached hydrogens (tertiary/aromatic N) is 1. The summed E-state index contributed by atoms with van der Waals surface area (Å²) in [5, 5.41) is 1.07. The fourth-order valence-corrected chi connectivity index (χ4v) is 3.10. The second kappa shape index (κ2) is 6.99. The van der Waals surface area contributed by atoms with E-state index in [1.165, 1.54) is 0 Å². The molecule has 0 spiro atoms. The highest BCUT2D eigenvalue weighted by Crippen LogP contribution is 2.26. The normalized spacial score (nSPS) is 11.9. The molecule has 3 aromatic rings. The van der Waals surface area contributed by atoms with Crippen molar-refractivity contribution in [1.29, 1.82) is 0 Å². The first-order valence-electron chi connectivity index (χ1n) is 9.26. The molecule has 26 heavy (non-hydrogen) atoms. The topological polar surface area (TPSA) is 31.2 Å². The highest BCUT2D eigenvalue weighted by Gasteiger charge is 2.17. The van der Waals surface area contributed by atoms with Crippen LogP contribution in [0, 0.1) is 0 Å². The van der Waals surface area contributed by atoms with Crippen LogP contribution in [0.5, 0.6) is 5.75 Å². The SMILES string of the molecule is CCC(C)(C)Oc1ccc(-c2cc3ccccc3n(C(C)C)c2=O)cc1. The van der Waals surface area contributed by atoms with Gasteiger partial charge >= 0.3 is 0 Å². The summed E-state index contributed by atoms with van der Waals surface area (Å²) < 4.78 is 7.89. The zero-order valence-electron chi connectivity index (χ0n) is 16.2. The molecule has 0 aliphatic heterocycles. The minimum atomic E-state index is -0.200. The number of ether oxygens (including phenoxy) is 1. The van der Waals surface area contributed by atoms with Crippen LogP contribution in [-0.4, -0.2) is 10.2 Å². The Morgan fingerprint density at radius 3 is 2.31 bits per heavy atom. The Labute approximate surface area is 155 Å². The quantitative estimate of drug-likeness (QED) is 0.581. The van der Waals surface area contributed by atoms with E-state index in [1.54, 1.807) is 0 Å². The molecular weight excluding hydrogens is 322 g/mol. The second-order valence-corrected chi connectivity index (χ2v) is 7.63. The van der Waals surface area contributed by atoms with E-state index < -0.39 is 0 Å². The molecule has 0 saturated heterocycles. The van der Waals surface area contributed by atoms with Crippen LogP contribution in [0.1, 0.15) is 47.1 Å². The van der Waals surface area contributed by atoms with Crippen LogP contribution in [0.15, 0.2) is 59.4 Å². The lowest BCUT2D eigenvalue weighted by Gasteiger charge is -2.25. The summed E-state index contributed by atoms with van der Waals surface area (Å²) in [7, 11) is 0. The molecule has 1 heterocycles. The fraction of sp³-hybridized carbons (Fsp3) is 0.348. The number of pyridine rings is 1. The third-order valence-electron chi connectivity index (χ3n) is 4.87. The first-order chi connectivity index (χ1) is 12.3. The molecule has 3 rings (SSSR count). The molecule has 0 bridgehead atoms. The van der Waals surface area contributed by atoms with Crippen molar-refractivity contribution in [3.05, 3.63) is 65.0 Å². The molecule has 0 aliphatic carbocycles. The van der Waals surface area contributed by atoms with Gasteiger partial charge in [-0.15, -0.1) is 0 Å². The van der Waals surface area contributed by atoms with Crippen molar-refractivity contribution in [3.8, 4) is 16.9 Å². The van der Waals surface area contributed by atoms with Gasteiger partial charge in [-0.3, -0.25) is 4.79 Å². The number of aromatic nitrogens is 1. The maximum absolute atomic E-state index is 13.1. The Morgan fingerprint density at radius 2 is 1.69 bits per heavy atom. The third-order valence-corrected chi connectivity index (χ3v) is 4.87. The third kappa shape index (κ3) is 3.52. The molecule has 0 aliphatic rings. The Bertz CT molecular complexity index is 966. The molecule has 0 unspecified atom stereocenters. The van der Waals surface area contributed by atoms with Crippen molar-refractivity contribution >= 4 is 10.9 Å². The lowest BCUT2D eigenvalue weighted by molar-refractivity contribution is 0.105. The zero-order valence-corrected chi connectivity index (χ0v) is 16.2. The van der Waals surface area contributed by atoms with Gasteiger partial charge in [0, 0.05) is 11.6 Å². The maximum atomic E-state index is 13.1. The summed E-state index contributed by atoms with van der Waals surface area (Å²) in [5.41, 5.74) is 2.45. The minimum absolute atomic E-state index is 0.0428. The number of fused-ring (bicyclic) bond motifs is 1. The Morgan fingerprint density at radius 1 is 1.04 bits per heavy atom. The van der Waals surface area contributed by atoms with Gasteiger partial charge in [0.1, 0.15) is 11.4 Å². The molecular formula is C23H27NO2. The number of rotatable bonds is 5. The first kappa shape index (κ1) is 18.2. The molecule has 2 aromatic carbocycles. The van der Waals surface area contributed by atoms with E-state index >= 15 is 0 Å². The Hall–Kier alpha value is -2.55. The van der Waals surface area contributed by atoms with Crippen LogP contribution < -0.4 is 10.3 Å². The van der Waals surface area contributed by atoms with Crippen molar-refractivity contribution in [2.45, 2.75) is 52.7 Å². The molecule has 136 valence electrons. The monoisotopic (exact) mass is 349 g/mol. The van der Waals surface area contributed by atoms with Crippen molar-refractivity contribution in [3.63, 3.8) is 0 Å².